The van der Waals surface area contributed by atoms with E-state index in [4.69, 9.17) is 15.2 Å². The highest BCUT2D eigenvalue weighted by atomic mass is 16.5. The summed E-state index contributed by atoms with van der Waals surface area (Å²) in [7, 11) is 3.33. The molecule has 2 N–H and O–H groups in total. The second-order valence-corrected chi connectivity index (χ2v) is 4.38. The van der Waals surface area contributed by atoms with E-state index in [-0.39, 0.29) is 0 Å². The van der Waals surface area contributed by atoms with E-state index >= 15 is 0 Å². The van der Waals surface area contributed by atoms with Gasteiger partial charge in [0.2, 0.25) is 0 Å². The summed E-state index contributed by atoms with van der Waals surface area (Å²) < 4.78 is 10.6. The number of hydrogen-bond donors (Lipinski definition) is 1. The maximum Gasteiger partial charge on any atom is 0.126 e. The standard InChI is InChI=1S/C16H19NO2/c1-18-15-7-6-14(16(10-15)19-2)9-12-4-3-5-13(8-12)11-17/h3-8,10H,9,11,17H2,1-2H3. The van der Waals surface area contributed by atoms with Crippen LogP contribution in [-0.4, -0.2) is 14.2 Å². The highest BCUT2D eigenvalue weighted by Gasteiger charge is 2.06. The van der Waals surface area contributed by atoms with Crippen LogP contribution in [0.25, 0.3) is 0 Å². The maximum absolute atomic E-state index is 5.66. The zero-order valence-electron chi connectivity index (χ0n) is 11.3. The fraction of sp³-hybridized carbons (Fsp3) is 0.250. The Hall–Kier alpha value is -2.00. The fourth-order valence-corrected chi connectivity index (χ4v) is 2.08. The molecule has 0 atom stereocenters. The summed E-state index contributed by atoms with van der Waals surface area (Å²) >= 11 is 0. The van der Waals surface area contributed by atoms with Gasteiger partial charge < -0.3 is 15.2 Å². The van der Waals surface area contributed by atoms with Gasteiger partial charge in [-0.3, -0.25) is 0 Å². The smallest absolute Gasteiger partial charge is 0.126 e. The van der Waals surface area contributed by atoms with E-state index < -0.39 is 0 Å². The minimum Gasteiger partial charge on any atom is -0.497 e. The lowest BCUT2D eigenvalue weighted by molar-refractivity contribution is 0.391. The van der Waals surface area contributed by atoms with Crippen molar-refractivity contribution in [1.29, 1.82) is 0 Å². The van der Waals surface area contributed by atoms with Crippen LogP contribution in [0.15, 0.2) is 42.5 Å². The fourth-order valence-electron chi connectivity index (χ4n) is 2.08. The minimum atomic E-state index is 0.563. The van der Waals surface area contributed by atoms with E-state index in [0.29, 0.717) is 6.54 Å². The SMILES string of the molecule is COc1ccc(Cc2cccc(CN)c2)c(OC)c1. The van der Waals surface area contributed by atoms with Crippen molar-refractivity contribution in [3.05, 3.63) is 59.2 Å². The van der Waals surface area contributed by atoms with Crippen molar-refractivity contribution in [2.24, 2.45) is 5.73 Å². The Labute approximate surface area is 114 Å². The van der Waals surface area contributed by atoms with Crippen LogP contribution in [0.4, 0.5) is 0 Å². The third kappa shape index (κ3) is 3.26. The Bertz CT molecular complexity index is 552. The quantitative estimate of drug-likeness (QED) is 0.895. The van der Waals surface area contributed by atoms with Gasteiger partial charge in [0.1, 0.15) is 11.5 Å². The van der Waals surface area contributed by atoms with Gasteiger partial charge in [-0.2, -0.15) is 0 Å². The molecule has 0 amide bonds. The predicted molar refractivity (Wildman–Crippen MR) is 76.7 cm³/mol. The summed E-state index contributed by atoms with van der Waals surface area (Å²) in [5, 5.41) is 0. The number of nitrogens with two attached hydrogens (primary N) is 1. The Balaban J connectivity index is 2.26. The number of methoxy groups -OCH3 is 2. The van der Waals surface area contributed by atoms with Crippen molar-refractivity contribution >= 4 is 0 Å². The molecule has 0 radical (unpaired) electrons. The minimum absolute atomic E-state index is 0.563. The van der Waals surface area contributed by atoms with Gasteiger partial charge in [-0.15, -0.1) is 0 Å². The van der Waals surface area contributed by atoms with E-state index in [1.54, 1.807) is 14.2 Å². The molecule has 0 aliphatic carbocycles. The first kappa shape index (κ1) is 13.4. The van der Waals surface area contributed by atoms with E-state index in [1.807, 2.05) is 30.3 Å². The Kier molecular flexibility index (Phi) is 4.42. The molecule has 0 aromatic heterocycles. The van der Waals surface area contributed by atoms with Crippen molar-refractivity contribution in [3.8, 4) is 11.5 Å². The molecule has 3 nitrogen and oxygen atoms in total. The molecular weight excluding hydrogens is 238 g/mol. The lowest BCUT2D eigenvalue weighted by Crippen LogP contribution is -1.99. The van der Waals surface area contributed by atoms with Crippen LogP contribution in [0, 0.1) is 0 Å². The van der Waals surface area contributed by atoms with Crippen molar-refractivity contribution in [2.45, 2.75) is 13.0 Å². The van der Waals surface area contributed by atoms with Gasteiger partial charge in [-0.25, -0.2) is 0 Å². The topological polar surface area (TPSA) is 44.5 Å². The van der Waals surface area contributed by atoms with E-state index in [0.717, 1.165) is 29.0 Å². The van der Waals surface area contributed by atoms with Crippen LogP contribution in [0.3, 0.4) is 0 Å². The lowest BCUT2D eigenvalue weighted by Gasteiger charge is -2.11. The van der Waals surface area contributed by atoms with Crippen LogP contribution in [0.5, 0.6) is 11.5 Å². The highest BCUT2D eigenvalue weighted by Crippen LogP contribution is 2.26. The summed E-state index contributed by atoms with van der Waals surface area (Å²) in [6.45, 7) is 0.563. The Morgan fingerprint density at radius 3 is 2.42 bits per heavy atom. The molecule has 0 bridgehead atoms. The molecule has 19 heavy (non-hydrogen) atoms. The van der Waals surface area contributed by atoms with Gasteiger partial charge in [0.05, 0.1) is 14.2 Å². The first-order valence-electron chi connectivity index (χ1n) is 6.25. The predicted octanol–water partition coefficient (Wildman–Crippen LogP) is 2.75. The zero-order valence-corrected chi connectivity index (χ0v) is 11.3. The van der Waals surface area contributed by atoms with Gasteiger partial charge in [0.15, 0.2) is 0 Å². The molecular formula is C16H19NO2. The van der Waals surface area contributed by atoms with Crippen LogP contribution in [0.2, 0.25) is 0 Å². The second-order valence-electron chi connectivity index (χ2n) is 4.38. The highest BCUT2D eigenvalue weighted by molar-refractivity contribution is 5.43. The largest absolute Gasteiger partial charge is 0.497 e. The Morgan fingerprint density at radius 2 is 1.74 bits per heavy atom. The summed E-state index contributed by atoms with van der Waals surface area (Å²) in [6.07, 6.45) is 0.820. The van der Waals surface area contributed by atoms with Crippen LogP contribution in [0.1, 0.15) is 16.7 Å². The average Bonchev–Trinajstić information content (AvgIpc) is 2.48. The molecule has 2 aromatic carbocycles. The first-order chi connectivity index (χ1) is 9.26. The summed E-state index contributed by atoms with van der Waals surface area (Å²) in [5.41, 5.74) is 9.17. The molecule has 0 heterocycles. The van der Waals surface area contributed by atoms with Crippen molar-refractivity contribution in [2.75, 3.05) is 14.2 Å². The van der Waals surface area contributed by atoms with Gasteiger partial charge in [0, 0.05) is 19.0 Å². The van der Waals surface area contributed by atoms with Gasteiger partial charge in [-0.05, 0) is 22.8 Å². The summed E-state index contributed by atoms with van der Waals surface area (Å²) in [5.74, 6) is 1.65. The first-order valence-corrected chi connectivity index (χ1v) is 6.25. The van der Waals surface area contributed by atoms with Crippen molar-refractivity contribution in [1.82, 2.24) is 0 Å². The molecule has 2 rings (SSSR count). The molecule has 3 heteroatoms. The molecule has 0 saturated heterocycles. The third-order valence-corrected chi connectivity index (χ3v) is 3.12. The van der Waals surface area contributed by atoms with Crippen LogP contribution < -0.4 is 15.2 Å². The van der Waals surface area contributed by atoms with Crippen LogP contribution >= 0.6 is 0 Å². The lowest BCUT2D eigenvalue weighted by atomic mass is 10.0. The monoisotopic (exact) mass is 257 g/mol. The van der Waals surface area contributed by atoms with Gasteiger partial charge >= 0.3 is 0 Å². The molecule has 0 aliphatic rings. The summed E-state index contributed by atoms with van der Waals surface area (Å²) in [4.78, 5) is 0. The van der Waals surface area contributed by atoms with Gasteiger partial charge in [0.25, 0.3) is 0 Å². The Morgan fingerprint density at radius 1 is 0.947 bits per heavy atom. The van der Waals surface area contributed by atoms with E-state index in [2.05, 4.69) is 12.1 Å². The molecule has 0 saturated carbocycles. The van der Waals surface area contributed by atoms with Crippen LogP contribution in [-0.2, 0) is 13.0 Å². The average molecular weight is 257 g/mol. The molecule has 0 unspecified atom stereocenters. The second kappa shape index (κ2) is 6.25. The van der Waals surface area contributed by atoms with E-state index in [1.165, 1.54) is 5.56 Å². The maximum atomic E-state index is 5.66. The number of hydrogen-bond acceptors (Lipinski definition) is 3. The van der Waals surface area contributed by atoms with E-state index in [9.17, 15) is 0 Å². The van der Waals surface area contributed by atoms with Crippen molar-refractivity contribution in [3.63, 3.8) is 0 Å². The molecule has 0 aliphatic heterocycles. The summed E-state index contributed by atoms with van der Waals surface area (Å²) in [6, 6.07) is 14.2. The normalized spacial score (nSPS) is 10.3. The molecule has 0 fully saturated rings. The number of rotatable bonds is 5. The third-order valence-electron chi connectivity index (χ3n) is 3.12. The number of ether oxygens (including phenoxy) is 2. The molecule has 100 valence electrons. The molecule has 2 aromatic rings. The zero-order chi connectivity index (χ0) is 13.7. The number of benzene rings is 2. The van der Waals surface area contributed by atoms with Crippen molar-refractivity contribution < 1.29 is 9.47 Å². The van der Waals surface area contributed by atoms with Gasteiger partial charge in [-0.1, -0.05) is 30.3 Å². The molecule has 0 spiro atoms.